The second kappa shape index (κ2) is 11.0. The molecular formula is C24H32O5. The molecule has 0 amide bonds. The zero-order valence-corrected chi connectivity index (χ0v) is 17.5. The third kappa shape index (κ3) is 6.09. The summed E-state index contributed by atoms with van der Waals surface area (Å²) in [4.78, 5) is 10.8. The average molecular weight is 401 g/mol. The second-order valence-electron chi connectivity index (χ2n) is 7.76. The molecule has 0 bridgehead atoms. The van der Waals surface area contributed by atoms with Gasteiger partial charge in [-0.15, -0.1) is 11.8 Å². The fourth-order valence-corrected chi connectivity index (χ4v) is 3.85. The van der Waals surface area contributed by atoms with Gasteiger partial charge in [-0.05, 0) is 38.2 Å². The van der Waals surface area contributed by atoms with Crippen molar-refractivity contribution >= 4 is 5.97 Å². The van der Waals surface area contributed by atoms with Gasteiger partial charge in [0.1, 0.15) is 11.9 Å². The number of carboxylic acid groups (broad SMARTS) is 1. The van der Waals surface area contributed by atoms with E-state index in [9.17, 15) is 15.0 Å². The largest absolute Gasteiger partial charge is 0.489 e. The van der Waals surface area contributed by atoms with Crippen LogP contribution in [0.25, 0.3) is 0 Å². The van der Waals surface area contributed by atoms with Crippen molar-refractivity contribution in [2.75, 3.05) is 6.61 Å². The number of fused-ring (bicyclic) bond motifs is 1. The van der Waals surface area contributed by atoms with Crippen molar-refractivity contribution in [3.05, 3.63) is 41.5 Å². The van der Waals surface area contributed by atoms with Crippen molar-refractivity contribution in [2.24, 2.45) is 11.8 Å². The minimum absolute atomic E-state index is 0.0171. The molecule has 2 rings (SSSR count). The molecule has 29 heavy (non-hydrogen) atoms. The molecule has 1 unspecified atom stereocenters. The van der Waals surface area contributed by atoms with E-state index in [1.807, 2.05) is 38.1 Å². The third-order valence-corrected chi connectivity index (χ3v) is 5.54. The fourth-order valence-electron chi connectivity index (χ4n) is 3.85. The van der Waals surface area contributed by atoms with E-state index >= 15 is 0 Å². The van der Waals surface area contributed by atoms with Crippen molar-refractivity contribution in [1.29, 1.82) is 0 Å². The van der Waals surface area contributed by atoms with Crippen LogP contribution in [0.1, 0.15) is 57.1 Å². The van der Waals surface area contributed by atoms with E-state index in [1.165, 1.54) is 0 Å². The Kier molecular flexibility index (Phi) is 8.75. The Hall–Kier alpha value is -2.29. The van der Waals surface area contributed by atoms with Crippen LogP contribution in [0, 0.1) is 23.7 Å². The van der Waals surface area contributed by atoms with Crippen LogP contribution in [-0.4, -0.2) is 40.1 Å². The van der Waals surface area contributed by atoms with E-state index in [0.29, 0.717) is 19.3 Å². The Morgan fingerprint density at radius 2 is 2.10 bits per heavy atom. The third-order valence-electron chi connectivity index (χ3n) is 5.54. The molecule has 0 aromatic heterocycles. The van der Waals surface area contributed by atoms with Crippen molar-refractivity contribution in [3.8, 4) is 17.6 Å². The summed E-state index contributed by atoms with van der Waals surface area (Å²) >= 11 is 0. The average Bonchev–Trinajstić information content (AvgIpc) is 3.03. The van der Waals surface area contributed by atoms with Gasteiger partial charge in [-0.1, -0.05) is 37.3 Å². The molecule has 1 heterocycles. The Morgan fingerprint density at radius 3 is 2.76 bits per heavy atom. The highest BCUT2D eigenvalue weighted by molar-refractivity contribution is 5.66. The number of carbonyl (C=O) groups is 1. The molecular weight excluding hydrogens is 368 g/mol. The summed E-state index contributed by atoms with van der Waals surface area (Å²) < 4.78 is 6.13. The summed E-state index contributed by atoms with van der Waals surface area (Å²) in [6.45, 7) is 5.67. The predicted molar refractivity (Wildman–Crippen MR) is 113 cm³/mol. The molecule has 1 aliphatic rings. The number of carboxylic acids is 1. The summed E-state index contributed by atoms with van der Waals surface area (Å²) in [6.07, 6.45) is 4.85. The molecule has 5 nitrogen and oxygen atoms in total. The van der Waals surface area contributed by atoms with Gasteiger partial charge in [-0.25, -0.2) is 0 Å². The van der Waals surface area contributed by atoms with Gasteiger partial charge in [0, 0.05) is 30.2 Å². The Bertz CT molecular complexity index is 773. The summed E-state index contributed by atoms with van der Waals surface area (Å²) in [5, 5.41) is 29.3. The normalized spacial score (nSPS) is 21.0. The van der Waals surface area contributed by atoms with Crippen LogP contribution in [0.4, 0.5) is 0 Å². The first-order valence-electron chi connectivity index (χ1n) is 10.3. The molecule has 1 aliphatic heterocycles. The SMILES string of the molecule is CC#CCC(C)[C@H](O)/C=C\[C@@H](CO)[C@H]1c2cccc(CCCC(=O)O)c2O[C@H]1C. The summed E-state index contributed by atoms with van der Waals surface area (Å²) in [6, 6.07) is 5.94. The Labute approximate surface area is 173 Å². The maximum absolute atomic E-state index is 10.8. The van der Waals surface area contributed by atoms with Crippen molar-refractivity contribution < 1.29 is 24.9 Å². The highest BCUT2D eigenvalue weighted by atomic mass is 16.5. The summed E-state index contributed by atoms with van der Waals surface area (Å²) in [7, 11) is 0. The van der Waals surface area contributed by atoms with E-state index in [-0.39, 0.29) is 36.9 Å². The number of aliphatic hydroxyl groups excluding tert-OH is 2. The molecule has 5 heteroatoms. The van der Waals surface area contributed by atoms with E-state index < -0.39 is 12.1 Å². The molecule has 3 N–H and O–H groups in total. The van der Waals surface area contributed by atoms with Crippen LogP contribution in [0.2, 0.25) is 0 Å². The first-order valence-corrected chi connectivity index (χ1v) is 10.3. The highest BCUT2D eigenvalue weighted by Crippen LogP contribution is 2.45. The molecule has 0 spiro atoms. The fraction of sp³-hybridized carbons (Fsp3) is 0.542. The van der Waals surface area contributed by atoms with Crippen LogP contribution in [-0.2, 0) is 11.2 Å². The smallest absolute Gasteiger partial charge is 0.303 e. The number of hydrogen-bond donors (Lipinski definition) is 3. The second-order valence-corrected chi connectivity index (χ2v) is 7.76. The van der Waals surface area contributed by atoms with Crippen molar-refractivity contribution in [1.82, 2.24) is 0 Å². The number of aryl methyl sites for hydroxylation is 1. The lowest BCUT2D eigenvalue weighted by atomic mass is 9.82. The molecule has 5 atom stereocenters. The van der Waals surface area contributed by atoms with E-state index in [4.69, 9.17) is 9.84 Å². The topological polar surface area (TPSA) is 87.0 Å². The number of rotatable bonds is 10. The predicted octanol–water partition coefficient (Wildman–Crippen LogP) is 3.53. The van der Waals surface area contributed by atoms with Gasteiger partial charge < -0.3 is 20.1 Å². The number of aliphatic carboxylic acids is 1. The minimum Gasteiger partial charge on any atom is -0.489 e. The first kappa shape index (κ1) is 23.0. The Morgan fingerprint density at radius 1 is 1.34 bits per heavy atom. The minimum atomic E-state index is -0.798. The number of ether oxygens (including phenoxy) is 1. The molecule has 0 saturated heterocycles. The van der Waals surface area contributed by atoms with Crippen molar-refractivity contribution in [2.45, 2.75) is 64.6 Å². The summed E-state index contributed by atoms with van der Waals surface area (Å²) in [5.41, 5.74) is 2.04. The van der Waals surface area contributed by atoms with Gasteiger partial charge in [-0.2, -0.15) is 0 Å². The maximum atomic E-state index is 10.8. The van der Waals surface area contributed by atoms with Gasteiger partial charge >= 0.3 is 5.97 Å². The lowest BCUT2D eigenvalue weighted by Crippen LogP contribution is -2.24. The highest BCUT2D eigenvalue weighted by Gasteiger charge is 2.37. The van der Waals surface area contributed by atoms with Crippen LogP contribution >= 0.6 is 0 Å². The summed E-state index contributed by atoms with van der Waals surface area (Å²) in [5.74, 6) is 5.66. The van der Waals surface area contributed by atoms with Crippen LogP contribution in [0.3, 0.4) is 0 Å². The van der Waals surface area contributed by atoms with Gasteiger partial charge in [0.15, 0.2) is 0 Å². The van der Waals surface area contributed by atoms with Crippen molar-refractivity contribution in [3.63, 3.8) is 0 Å². The van der Waals surface area contributed by atoms with Gasteiger partial charge in [0.25, 0.3) is 0 Å². The van der Waals surface area contributed by atoms with Crippen LogP contribution in [0.15, 0.2) is 30.4 Å². The van der Waals surface area contributed by atoms with Crippen LogP contribution in [0.5, 0.6) is 5.75 Å². The molecule has 0 radical (unpaired) electrons. The van der Waals surface area contributed by atoms with Gasteiger partial charge in [0.05, 0.1) is 12.7 Å². The number of aliphatic hydroxyl groups is 2. The number of hydrogen-bond acceptors (Lipinski definition) is 4. The maximum Gasteiger partial charge on any atom is 0.303 e. The quantitative estimate of drug-likeness (QED) is 0.413. The monoisotopic (exact) mass is 400 g/mol. The van der Waals surface area contributed by atoms with Gasteiger partial charge in [0.2, 0.25) is 0 Å². The molecule has 0 aliphatic carbocycles. The Balaban J connectivity index is 2.16. The zero-order valence-electron chi connectivity index (χ0n) is 17.5. The number of benzene rings is 1. The molecule has 1 aromatic rings. The van der Waals surface area contributed by atoms with Crippen LogP contribution < -0.4 is 4.74 Å². The molecule has 0 fully saturated rings. The lowest BCUT2D eigenvalue weighted by molar-refractivity contribution is -0.137. The first-order chi connectivity index (χ1) is 13.9. The molecule has 0 saturated carbocycles. The van der Waals surface area contributed by atoms with E-state index in [1.54, 1.807) is 13.0 Å². The number of para-hydroxylation sites is 1. The zero-order chi connectivity index (χ0) is 21.4. The standard InChI is InChI=1S/C24H32O5/c1-4-5-8-16(2)21(26)14-13-19(15-25)23-17(3)29-24-18(9-6-11-20(23)24)10-7-12-22(27)28/h6,9,11,13-14,16-17,19,21,23,25-26H,7-8,10,12,15H2,1-3H3,(H,27,28)/b14-13-/t16?,17-,19-,21+,23-/m0/s1. The lowest BCUT2D eigenvalue weighted by Gasteiger charge is -2.22. The molecule has 158 valence electrons. The van der Waals surface area contributed by atoms with Gasteiger partial charge in [-0.3, -0.25) is 4.79 Å². The van der Waals surface area contributed by atoms with E-state index in [0.717, 1.165) is 16.9 Å². The molecule has 1 aromatic carbocycles. The van der Waals surface area contributed by atoms with E-state index in [2.05, 4.69) is 11.8 Å².